The van der Waals surface area contributed by atoms with Crippen LogP contribution in [0.5, 0.6) is 5.75 Å². The van der Waals surface area contributed by atoms with Gasteiger partial charge in [0.05, 0.1) is 7.11 Å². The molecule has 3 heteroatoms. The highest BCUT2D eigenvalue weighted by molar-refractivity contribution is 5.83. The standard InChI is InChI=1S/C15H15NO2/c1-18-15-5-3-2-4-13(15)11-14(17)10-12-6-8-16-9-7-12/h2-9H,10-11H2,1H3. The molecule has 0 N–H and O–H groups in total. The molecule has 0 saturated carbocycles. The summed E-state index contributed by atoms with van der Waals surface area (Å²) in [5.74, 6) is 0.936. The lowest BCUT2D eigenvalue weighted by molar-refractivity contribution is -0.117. The third kappa shape index (κ3) is 3.17. The zero-order chi connectivity index (χ0) is 12.8. The minimum atomic E-state index is 0.172. The summed E-state index contributed by atoms with van der Waals surface area (Å²) in [6.45, 7) is 0. The average molecular weight is 241 g/mol. The molecule has 0 atom stereocenters. The molecule has 0 spiro atoms. The van der Waals surface area contributed by atoms with E-state index < -0.39 is 0 Å². The highest BCUT2D eigenvalue weighted by Crippen LogP contribution is 2.18. The number of aromatic nitrogens is 1. The Morgan fingerprint density at radius 2 is 1.83 bits per heavy atom. The Bertz CT molecular complexity index is 523. The highest BCUT2D eigenvalue weighted by atomic mass is 16.5. The van der Waals surface area contributed by atoms with Gasteiger partial charge in [-0.25, -0.2) is 0 Å². The molecule has 1 aromatic heterocycles. The summed E-state index contributed by atoms with van der Waals surface area (Å²) in [5, 5.41) is 0. The fourth-order valence-corrected chi connectivity index (χ4v) is 1.85. The second-order valence-electron chi connectivity index (χ2n) is 4.06. The second-order valence-corrected chi connectivity index (χ2v) is 4.06. The van der Waals surface area contributed by atoms with Gasteiger partial charge < -0.3 is 4.74 Å². The van der Waals surface area contributed by atoms with E-state index >= 15 is 0 Å². The van der Waals surface area contributed by atoms with E-state index in [1.54, 1.807) is 19.5 Å². The maximum absolute atomic E-state index is 12.0. The predicted octanol–water partition coefficient (Wildman–Crippen LogP) is 2.44. The molecule has 0 aliphatic heterocycles. The number of carbonyl (C=O) groups excluding carboxylic acids is 1. The van der Waals surface area contributed by atoms with E-state index in [0.29, 0.717) is 12.8 Å². The summed E-state index contributed by atoms with van der Waals surface area (Å²) in [5.41, 5.74) is 1.92. The number of ketones is 1. The van der Waals surface area contributed by atoms with Crippen molar-refractivity contribution in [2.75, 3.05) is 7.11 Å². The molecule has 18 heavy (non-hydrogen) atoms. The van der Waals surface area contributed by atoms with Crippen molar-refractivity contribution in [1.29, 1.82) is 0 Å². The number of hydrogen-bond donors (Lipinski definition) is 0. The van der Waals surface area contributed by atoms with Crippen LogP contribution in [0.25, 0.3) is 0 Å². The van der Waals surface area contributed by atoms with Gasteiger partial charge in [0, 0.05) is 30.8 Å². The molecule has 3 nitrogen and oxygen atoms in total. The van der Waals surface area contributed by atoms with Gasteiger partial charge in [-0.3, -0.25) is 9.78 Å². The van der Waals surface area contributed by atoms with Crippen molar-refractivity contribution in [1.82, 2.24) is 4.98 Å². The van der Waals surface area contributed by atoms with Crippen molar-refractivity contribution in [3.63, 3.8) is 0 Å². The van der Waals surface area contributed by atoms with Crippen LogP contribution in [0.1, 0.15) is 11.1 Å². The molecular weight excluding hydrogens is 226 g/mol. The van der Waals surface area contributed by atoms with Crippen molar-refractivity contribution in [3.8, 4) is 5.75 Å². The molecular formula is C15H15NO2. The summed E-state index contributed by atoms with van der Waals surface area (Å²) in [6, 6.07) is 11.3. The normalized spacial score (nSPS) is 10.1. The van der Waals surface area contributed by atoms with Crippen LogP contribution in [-0.2, 0) is 17.6 Å². The number of methoxy groups -OCH3 is 1. The third-order valence-corrected chi connectivity index (χ3v) is 2.73. The van der Waals surface area contributed by atoms with Crippen LogP contribution in [0, 0.1) is 0 Å². The number of benzene rings is 1. The Balaban J connectivity index is 2.03. The third-order valence-electron chi connectivity index (χ3n) is 2.73. The zero-order valence-corrected chi connectivity index (χ0v) is 10.3. The Kier molecular flexibility index (Phi) is 4.07. The van der Waals surface area contributed by atoms with Crippen LogP contribution < -0.4 is 4.74 Å². The Morgan fingerprint density at radius 1 is 1.11 bits per heavy atom. The van der Waals surface area contributed by atoms with Crippen molar-refractivity contribution in [2.45, 2.75) is 12.8 Å². The first kappa shape index (κ1) is 12.3. The van der Waals surface area contributed by atoms with Gasteiger partial charge in [0.1, 0.15) is 11.5 Å². The number of nitrogens with zero attached hydrogens (tertiary/aromatic N) is 1. The fraction of sp³-hybridized carbons (Fsp3) is 0.200. The van der Waals surface area contributed by atoms with Crippen LogP contribution in [0.15, 0.2) is 48.8 Å². The van der Waals surface area contributed by atoms with E-state index in [9.17, 15) is 4.79 Å². The predicted molar refractivity (Wildman–Crippen MR) is 69.6 cm³/mol. The number of carbonyl (C=O) groups is 1. The van der Waals surface area contributed by atoms with E-state index in [0.717, 1.165) is 16.9 Å². The molecule has 0 unspecified atom stereocenters. The van der Waals surface area contributed by atoms with Crippen molar-refractivity contribution in [3.05, 3.63) is 59.9 Å². The molecule has 1 aromatic carbocycles. The molecule has 0 radical (unpaired) electrons. The van der Waals surface area contributed by atoms with E-state index in [1.807, 2.05) is 36.4 Å². The highest BCUT2D eigenvalue weighted by Gasteiger charge is 2.08. The molecule has 0 saturated heterocycles. The fourth-order valence-electron chi connectivity index (χ4n) is 1.85. The van der Waals surface area contributed by atoms with Gasteiger partial charge in [0.15, 0.2) is 0 Å². The average Bonchev–Trinajstić information content (AvgIpc) is 2.40. The van der Waals surface area contributed by atoms with Gasteiger partial charge in [-0.05, 0) is 23.8 Å². The number of para-hydroxylation sites is 1. The van der Waals surface area contributed by atoms with Gasteiger partial charge >= 0.3 is 0 Å². The summed E-state index contributed by atoms with van der Waals surface area (Å²) in [7, 11) is 1.62. The van der Waals surface area contributed by atoms with Gasteiger partial charge in [-0.15, -0.1) is 0 Å². The number of ether oxygens (including phenoxy) is 1. The summed E-state index contributed by atoms with van der Waals surface area (Å²) in [6.07, 6.45) is 4.23. The Hall–Kier alpha value is -2.16. The second kappa shape index (κ2) is 5.96. The first-order chi connectivity index (χ1) is 8.79. The molecule has 0 aliphatic carbocycles. The van der Waals surface area contributed by atoms with Crippen molar-refractivity contribution < 1.29 is 9.53 Å². The monoisotopic (exact) mass is 241 g/mol. The number of Topliss-reactive ketones (excluding diaryl/α,β-unsaturated/α-hetero) is 1. The maximum atomic E-state index is 12.0. The Labute approximate surface area is 106 Å². The number of hydrogen-bond acceptors (Lipinski definition) is 3. The smallest absolute Gasteiger partial charge is 0.141 e. The van der Waals surface area contributed by atoms with E-state index in [2.05, 4.69) is 4.98 Å². The molecule has 0 aliphatic rings. The lowest BCUT2D eigenvalue weighted by Crippen LogP contribution is -2.07. The SMILES string of the molecule is COc1ccccc1CC(=O)Cc1ccncc1. The van der Waals surface area contributed by atoms with Crippen LogP contribution in [0.2, 0.25) is 0 Å². The topological polar surface area (TPSA) is 39.2 Å². The molecule has 2 aromatic rings. The zero-order valence-electron chi connectivity index (χ0n) is 10.3. The molecule has 0 fully saturated rings. The molecule has 0 bridgehead atoms. The van der Waals surface area contributed by atoms with E-state index in [-0.39, 0.29) is 5.78 Å². The quantitative estimate of drug-likeness (QED) is 0.807. The molecule has 0 amide bonds. The minimum Gasteiger partial charge on any atom is -0.496 e. The summed E-state index contributed by atoms with van der Waals surface area (Å²) in [4.78, 5) is 15.9. The number of rotatable bonds is 5. The summed E-state index contributed by atoms with van der Waals surface area (Å²) < 4.78 is 5.23. The molecule has 2 rings (SSSR count). The van der Waals surface area contributed by atoms with E-state index in [1.165, 1.54) is 0 Å². The molecule has 92 valence electrons. The number of pyridine rings is 1. The van der Waals surface area contributed by atoms with Crippen LogP contribution in [-0.4, -0.2) is 17.9 Å². The van der Waals surface area contributed by atoms with Gasteiger partial charge in [0.2, 0.25) is 0 Å². The van der Waals surface area contributed by atoms with Crippen molar-refractivity contribution in [2.24, 2.45) is 0 Å². The first-order valence-corrected chi connectivity index (χ1v) is 5.82. The van der Waals surface area contributed by atoms with Gasteiger partial charge in [0.25, 0.3) is 0 Å². The lowest BCUT2D eigenvalue weighted by atomic mass is 10.0. The first-order valence-electron chi connectivity index (χ1n) is 5.82. The molecule has 1 heterocycles. The van der Waals surface area contributed by atoms with E-state index in [4.69, 9.17) is 4.74 Å². The maximum Gasteiger partial charge on any atom is 0.141 e. The minimum absolute atomic E-state index is 0.172. The Morgan fingerprint density at radius 3 is 2.56 bits per heavy atom. The van der Waals surface area contributed by atoms with Crippen LogP contribution in [0.4, 0.5) is 0 Å². The van der Waals surface area contributed by atoms with Gasteiger partial charge in [-0.1, -0.05) is 18.2 Å². The van der Waals surface area contributed by atoms with Crippen molar-refractivity contribution >= 4 is 5.78 Å². The lowest BCUT2D eigenvalue weighted by Gasteiger charge is -2.07. The summed E-state index contributed by atoms with van der Waals surface area (Å²) >= 11 is 0. The van der Waals surface area contributed by atoms with Crippen LogP contribution in [0.3, 0.4) is 0 Å². The van der Waals surface area contributed by atoms with Gasteiger partial charge in [-0.2, -0.15) is 0 Å². The van der Waals surface area contributed by atoms with Crippen LogP contribution >= 0.6 is 0 Å². The largest absolute Gasteiger partial charge is 0.496 e.